The number of fused-ring (bicyclic) bond motifs is 3. The second kappa shape index (κ2) is 11.8. The Balaban J connectivity index is 1.31. The monoisotopic (exact) mass is 654 g/mol. The van der Waals surface area contributed by atoms with Crippen LogP contribution in [-0.2, 0) is 0 Å². The molecule has 3 heterocycles. The van der Waals surface area contributed by atoms with Gasteiger partial charge in [-0.25, -0.2) is 15.0 Å². The van der Waals surface area contributed by atoms with Crippen LogP contribution in [0.4, 0.5) is 0 Å². The highest BCUT2D eigenvalue weighted by Crippen LogP contribution is 2.39. The Bertz CT molecular complexity index is 2860. The summed E-state index contributed by atoms with van der Waals surface area (Å²) in [6.45, 7) is 0. The van der Waals surface area contributed by atoms with Crippen molar-refractivity contribution in [1.29, 1.82) is 0 Å². The number of hydrogen-bond acceptors (Lipinski definition) is 3. The molecule has 0 unspecified atom stereocenters. The molecule has 0 aliphatic rings. The van der Waals surface area contributed by atoms with Gasteiger partial charge in [-0.1, -0.05) is 121 Å². The number of benzene rings is 7. The van der Waals surface area contributed by atoms with Crippen molar-refractivity contribution < 1.29 is 0 Å². The summed E-state index contributed by atoms with van der Waals surface area (Å²) in [5.41, 5.74) is 13.2. The van der Waals surface area contributed by atoms with Crippen LogP contribution < -0.4 is 0 Å². The van der Waals surface area contributed by atoms with Crippen LogP contribution in [0.3, 0.4) is 0 Å². The lowest BCUT2D eigenvalue weighted by Crippen LogP contribution is -2.07. The summed E-state index contributed by atoms with van der Waals surface area (Å²) in [6.07, 6.45) is 1.92. The molecule has 0 saturated carbocycles. The Labute approximate surface area is 294 Å². The fourth-order valence-electron chi connectivity index (χ4n) is 7.24. The summed E-state index contributed by atoms with van der Waals surface area (Å²) in [4.78, 5) is 15.2. The first kappa shape index (κ1) is 28.9. The van der Waals surface area contributed by atoms with Gasteiger partial charge < -0.3 is 0 Å². The lowest BCUT2D eigenvalue weighted by Gasteiger charge is -2.20. The molecule has 6 heteroatoms. The minimum atomic E-state index is 0.870. The van der Waals surface area contributed by atoms with Crippen molar-refractivity contribution in [3.8, 4) is 51.0 Å². The average Bonchev–Trinajstić information content (AvgIpc) is 3.92. The quantitative estimate of drug-likeness (QED) is 0.179. The van der Waals surface area contributed by atoms with Gasteiger partial charge in [-0.15, -0.1) is 0 Å². The van der Waals surface area contributed by atoms with Gasteiger partial charge in [-0.2, -0.15) is 0 Å². The molecule has 0 radical (unpaired) electrons. The van der Waals surface area contributed by atoms with E-state index in [0.29, 0.717) is 0 Å². The van der Waals surface area contributed by atoms with Crippen LogP contribution in [0.25, 0.3) is 84.1 Å². The van der Waals surface area contributed by atoms with E-state index >= 15 is 0 Å². The van der Waals surface area contributed by atoms with Crippen LogP contribution in [0, 0.1) is 0 Å². The molecule has 10 rings (SSSR count). The predicted octanol–water partition coefficient (Wildman–Crippen LogP) is 10.7. The molecule has 0 spiro atoms. The van der Waals surface area contributed by atoms with Crippen molar-refractivity contribution in [2.45, 2.75) is 0 Å². The third-order valence-electron chi connectivity index (χ3n) is 9.57. The molecular formula is C45H30N6. The van der Waals surface area contributed by atoms with Crippen LogP contribution in [0.1, 0.15) is 0 Å². The van der Waals surface area contributed by atoms with Crippen LogP contribution in [0.5, 0.6) is 0 Å². The highest BCUT2D eigenvalue weighted by atomic mass is 15.1. The highest BCUT2D eigenvalue weighted by molar-refractivity contribution is 5.90. The number of imidazole rings is 3. The molecule has 7 aromatic carbocycles. The Morgan fingerprint density at radius 3 is 1.51 bits per heavy atom. The van der Waals surface area contributed by atoms with Gasteiger partial charge in [0.15, 0.2) is 0 Å². The van der Waals surface area contributed by atoms with Crippen LogP contribution in [0.15, 0.2) is 182 Å². The van der Waals surface area contributed by atoms with Crippen molar-refractivity contribution in [2.24, 2.45) is 0 Å². The van der Waals surface area contributed by atoms with Gasteiger partial charge in [-0.3, -0.25) is 13.7 Å². The number of hydrogen-bond donors (Lipinski definition) is 0. The Morgan fingerprint density at radius 2 is 0.863 bits per heavy atom. The van der Waals surface area contributed by atoms with E-state index in [-0.39, 0.29) is 0 Å². The van der Waals surface area contributed by atoms with Gasteiger partial charge in [0.1, 0.15) is 18.0 Å². The zero-order valence-corrected chi connectivity index (χ0v) is 27.5. The SMILES string of the molecule is c1ccc(-c2nc3ccccc3n2-c2ccc(-c3ccccc3-n3cnc4ccccc43)cc2-n2c(-c3ccccc3)nc3ccccc32)cc1. The second-order valence-electron chi connectivity index (χ2n) is 12.6. The normalized spacial score (nSPS) is 11.5. The molecule has 10 aromatic rings. The maximum absolute atomic E-state index is 5.25. The van der Waals surface area contributed by atoms with Crippen molar-refractivity contribution in [2.75, 3.05) is 0 Å². The van der Waals surface area contributed by atoms with E-state index in [4.69, 9.17) is 15.0 Å². The Kier molecular flexibility index (Phi) is 6.70. The van der Waals surface area contributed by atoms with E-state index in [1.807, 2.05) is 36.7 Å². The van der Waals surface area contributed by atoms with E-state index in [0.717, 1.165) is 84.1 Å². The van der Waals surface area contributed by atoms with E-state index in [1.54, 1.807) is 0 Å². The number of aromatic nitrogens is 6. The van der Waals surface area contributed by atoms with Gasteiger partial charge >= 0.3 is 0 Å². The van der Waals surface area contributed by atoms with Crippen LogP contribution >= 0.6 is 0 Å². The fraction of sp³-hybridized carbons (Fsp3) is 0. The van der Waals surface area contributed by atoms with E-state index in [2.05, 4.69) is 159 Å². The van der Waals surface area contributed by atoms with Gasteiger partial charge in [0, 0.05) is 16.7 Å². The highest BCUT2D eigenvalue weighted by Gasteiger charge is 2.23. The Morgan fingerprint density at radius 1 is 0.353 bits per heavy atom. The van der Waals surface area contributed by atoms with Crippen molar-refractivity contribution in [3.63, 3.8) is 0 Å². The molecule has 0 fully saturated rings. The fourth-order valence-corrected chi connectivity index (χ4v) is 7.24. The molecule has 0 N–H and O–H groups in total. The molecule has 6 nitrogen and oxygen atoms in total. The van der Waals surface area contributed by atoms with E-state index in [9.17, 15) is 0 Å². The van der Waals surface area contributed by atoms with Crippen LogP contribution in [-0.4, -0.2) is 28.7 Å². The lowest BCUT2D eigenvalue weighted by atomic mass is 10.0. The summed E-state index contributed by atoms with van der Waals surface area (Å²) in [5.74, 6) is 1.75. The third-order valence-corrected chi connectivity index (χ3v) is 9.57. The molecule has 3 aromatic heterocycles. The maximum Gasteiger partial charge on any atom is 0.145 e. The molecular weight excluding hydrogens is 625 g/mol. The van der Waals surface area contributed by atoms with E-state index in [1.165, 1.54) is 0 Å². The molecule has 0 aliphatic heterocycles. The number of rotatable bonds is 6. The average molecular weight is 655 g/mol. The summed E-state index contributed by atoms with van der Waals surface area (Å²) in [7, 11) is 0. The zero-order valence-electron chi connectivity index (χ0n) is 27.5. The largest absolute Gasteiger partial charge is 0.298 e. The molecule has 240 valence electrons. The van der Waals surface area contributed by atoms with Gasteiger partial charge in [0.25, 0.3) is 0 Å². The minimum Gasteiger partial charge on any atom is -0.298 e. The number of nitrogens with zero attached hydrogens (tertiary/aromatic N) is 6. The lowest BCUT2D eigenvalue weighted by molar-refractivity contribution is 1.03. The smallest absolute Gasteiger partial charge is 0.145 e. The first-order valence-corrected chi connectivity index (χ1v) is 17.0. The number of para-hydroxylation sites is 7. The van der Waals surface area contributed by atoms with Gasteiger partial charge in [0.2, 0.25) is 0 Å². The minimum absolute atomic E-state index is 0.870. The zero-order chi connectivity index (χ0) is 33.7. The van der Waals surface area contributed by atoms with Crippen molar-refractivity contribution in [1.82, 2.24) is 28.7 Å². The summed E-state index contributed by atoms with van der Waals surface area (Å²) < 4.78 is 6.78. The third kappa shape index (κ3) is 4.76. The summed E-state index contributed by atoms with van der Waals surface area (Å²) in [5, 5.41) is 0. The second-order valence-corrected chi connectivity index (χ2v) is 12.6. The van der Waals surface area contributed by atoms with Gasteiger partial charge in [0.05, 0.1) is 50.2 Å². The van der Waals surface area contributed by atoms with E-state index < -0.39 is 0 Å². The summed E-state index contributed by atoms with van der Waals surface area (Å²) in [6, 6.07) is 61.2. The summed E-state index contributed by atoms with van der Waals surface area (Å²) >= 11 is 0. The Hall–Kier alpha value is -7.05. The molecule has 0 saturated heterocycles. The van der Waals surface area contributed by atoms with Crippen molar-refractivity contribution >= 4 is 33.1 Å². The molecule has 51 heavy (non-hydrogen) atoms. The van der Waals surface area contributed by atoms with Crippen LogP contribution in [0.2, 0.25) is 0 Å². The first-order chi connectivity index (χ1) is 25.3. The first-order valence-electron chi connectivity index (χ1n) is 17.0. The molecule has 0 atom stereocenters. The maximum atomic E-state index is 5.25. The molecule has 0 amide bonds. The van der Waals surface area contributed by atoms with Crippen molar-refractivity contribution in [3.05, 3.63) is 182 Å². The predicted molar refractivity (Wildman–Crippen MR) is 207 cm³/mol. The standard InChI is InChI=1S/C45H30N6/c1-3-15-31(16-4-1)44-47-36-21-9-13-25-40(36)50(44)42-28-27-33(34-19-7-11-23-38(34)49-30-46-35-20-8-12-24-39(35)49)29-43(42)51-41-26-14-10-22-37(41)48-45(51)32-17-5-2-6-18-32/h1-30H. The van der Waals surface area contributed by atoms with Gasteiger partial charge in [-0.05, 0) is 60.2 Å². The molecule has 0 bridgehead atoms. The topological polar surface area (TPSA) is 53.5 Å². The molecule has 0 aliphatic carbocycles.